The SMILES string of the molecule is O=[N+]([O-])C(/C(Cl)=C(/Cl)Br)=C(/SCc1ccccc1)N1CCOCC1. The quantitative estimate of drug-likeness (QED) is 0.353. The van der Waals surface area contributed by atoms with Gasteiger partial charge in [0.25, 0.3) is 0 Å². The maximum Gasteiger partial charge on any atom is 0.319 e. The third kappa shape index (κ3) is 5.39. The summed E-state index contributed by atoms with van der Waals surface area (Å²) in [5.74, 6) is 0.592. The largest absolute Gasteiger partial charge is 0.378 e. The van der Waals surface area contributed by atoms with Crippen molar-refractivity contribution in [3.63, 3.8) is 0 Å². The molecular formula is C15H15BrCl2N2O3S. The van der Waals surface area contributed by atoms with Crippen LogP contribution < -0.4 is 0 Å². The highest BCUT2D eigenvalue weighted by Crippen LogP contribution is 2.36. The highest BCUT2D eigenvalue weighted by Gasteiger charge is 2.30. The maximum absolute atomic E-state index is 11.6. The molecule has 0 aliphatic carbocycles. The van der Waals surface area contributed by atoms with E-state index in [1.807, 2.05) is 35.2 Å². The van der Waals surface area contributed by atoms with Gasteiger partial charge >= 0.3 is 5.70 Å². The van der Waals surface area contributed by atoms with Gasteiger partial charge in [0.1, 0.15) is 8.97 Å². The number of morpholine rings is 1. The number of ether oxygens (including phenoxy) is 1. The van der Waals surface area contributed by atoms with Crippen molar-refractivity contribution in [3.8, 4) is 0 Å². The van der Waals surface area contributed by atoms with Crippen molar-refractivity contribution in [2.45, 2.75) is 5.75 Å². The smallest absolute Gasteiger partial charge is 0.319 e. The zero-order valence-electron chi connectivity index (χ0n) is 12.6. The second kappa shape index (κ2) is 9.68. The predicted molar refractivity (Wildman–Crippen MR) is 102 cm³/mol. The van der Waals surface area contributed by atoms with Gasteiger partial charge in [-0.1, -0.05) is 65.3 Å². The molecule has 0 radical (unpaired) electrons. The van der Waals surface area contributed by atoms with Crippen molar-refractivity contribution in [2.75, 3.05) is 26.3 Å². The lowest BCUT2D eigenvalue weighted by atomic mass is 10.2. The standard InChI is InChI=1S/C15H15BrCl2N2O3S/c16-14(18)12(17)13(20(21)22)15(19-6-8-23-9-7-19)24-10-11-4-2-1-3-5-11/h1-5H,6-10H2/b14-12-,15-13+. The number of benzene rings is 1. The van der Waals surface area contributed by atoms with E-state index in [1.165, 1.54) is 11.8 Å². The minimum atomic E-state index is -0.491. The van der Waals surface area contributed by atoms with Crippen LogP contribution in [-0.2, 0) is 10.5 Å². The van der Waals surface area contributed by atoms with Crippen LogP contribution in [0.15, 0.2) is 50.0 Å². The average Bonchev–Trinajstić information content (AvgIpc) is 2.59. The van der Waals surface area contributed by atoms with Crippen molar-refractivity contribution < 1.29 is 9.66 Å². The Bertz CT molecular complexity index is 645. The molecular weight excluding hydrogens is 439 g/mol. The number of hydrogen-bond donors (Lipinski definition) is 0. The highest BCUT2D eigenvalue weighted by atomic mass is 79.9. The lowest BCUT2D eigenvalue weighted by Gasteiger charge is -2.30. The molecule has 0 N–H and O–H groups in total. The van der Waals surface area contributed by atoms with Crippen LogP contribution in [0.4, 0.5) is 0 Å². The molecule has 0 saturated carbocycles. The van der Waals surface area contributed by atoms with Gasteiger partial charge in [-0.05, 0) is 21.5 Å². The fourth-order valence-electron chi connectivity index (χ4n) is 2.14. The molecule has 1 heterocycles. The average molecular weight is 454 g/mol. The summed E-state index contributed by atoms with van der Waals surface area (Å²) < 4.78 is 5.35. The fraction of sp³-hybridized carbons (Fsp3) is 0.333. The van der Waals surface area contributed by atoms with Gasteiger partial charge in [0.05, 0.1) is 18.1 Å². The number of rotatable bonds is 6. The molecule has 1 aromatic rings. The number of nitro groups is 1. The van der Waals surface area contributed by atoms with Crippen molar-refractivity contribution >= 4 is 50.9 Å². The first kappa shape index (κ1) is 19.6. The van der Waals surface area contributed by atoms with E-state index >= 15 is 0 Å². The third-order valence-electron chi connectivity index (χ3n) is 3.28. The van der Waals surface area contributed by atoms with Gasteiger partial charge in [0.15, 0.2) is 5.03 Å². The first-order valence-corrected chi connectivity index (χ1v) is 9.63. The number of hydrogen-bond acceptors (Lipinski definition) is 5. The molecule has 0 unspecified atom stereocenters. The molecule has 130 valence electrons. The van der Waals surface area contributed by atoms with Crippen LogP contribution in [0, 0.1) is 10.1 Å². The topological polar surface area (TPSA) is 55.6 Å². The molecule has 5 nitrogen and oxygen atoms in total. The van der Waals surface area contributed by atoms with Gasteiger partial charge in [0.2, 0.25) is 0 Å². The fourth-order valence-corrected chi connectivity index (χ4v) is 3.81. The summed E-state index contributed by atoms with van der Waals surface area (Å²) in [5.41, 5.74) is 0.877. The minimum Gasteiger partial charge on any atom is -0.378 e. The van der Waals surface area contributed by atoms with E-state index in [1.54, 1.807) is 0 Å². The molecule has 0 bridgehead atoms. The summed E-state index contributed by atoms with van der Waals surface area (Å²) in [4.78, 5) is 13.0. The Morgan fingerprint density at radius 1 is 1.29 bits per heavy atom. The van der Waals surface area contributed by atoms with Crippen LogP contribution in [0.1, 0.15) is 5.56 Å². The Morgan fingerprint density at radius 3 is 2.46 bits per heavy atom. The second-order valence-electron chi connectivity index (χ2n) is 4.86. The molecule has 0 atom stereocenters. The zero-order valence-corrected chi connectivity index (χ0v) is 16.5. The summed E-state index contributed by atoms with van der Waals surface area (Å²) in [5, 5.41) is 12.0. The number of nitrogens with zero attached hydrogens (tertiary/aromatic N) is 2. The normalized spacial score (nSPS) is 17.2. The summed E-state index contributed by atoms with van der Waals surface area (Å²) in [6.45, 7) is 2.17. The van der Waals surface area contributed by atoms with Gasteiger partial charge in [-0.25, -0.2) is 0 Å². The van der Waals surface area contributed by atoms with E-state index in [-0.39, 0.29) is 14.7 Å². The predicted octanol–water partition coefficient (Wildman–Crippen LogP) is 4.74. The molecule has 1 saturated heterocycles. The first-order chi connectivity index (χ1) is 11.5. The molecule has 1 aliphatic rings. The lowest BCUT2D eigenvalue weighted by molar-refractivity contribution is -0.421. The Balaban J connectivity index is 2.37. The monoisotopic (exact) mass is 452 g/mol. The van der Waals surface area contributed by atoms with Gasteiger partial charge in [-0.15, -0.1) is 0 Å². The van der Waals surface area contributed by atoms with Crippen LogP contribution in [0.5, 0.6) is 0 Å². The van der Waals surface area contributed by atoms with Crippen molar-refractivity contribution in [1.82, 2.24) is 4.90 Å². The number of halogens is 3. The van der Waals surface area contributed by atoms with E-state index in [2.05, 4.69) is 15.9 Å². The van der Waals surface area contributed by atoms with Crippen LogP contribution >= 0.6 is 50.9 Å². The molecule has 0 spiro atoms. The van der Waals surface area contributed by atoms with E-state index in [9.17, 15) is 10.1 Å². The van der Waals surface area contributed by atoms with Gasteiger partial charge < -0.3 is 9.64 Å². The highest BCUT2D eigenvalue weighted by molar-refractivity contribution is 9.12. The van der Waals surface area contributed by atoms with Crippen LogP contribution in [-0.4, -0.2) is 36.1 Å². The first-order valence-electron chi connectivity index (χ1n) is 7.10. The summed E-state index contributed by atoms with van der Waals surface area (Å²) in [6.07, 6.45) is 0. The van der Waals surface area contributed by atoms with Gasteiger partial charge in [-0.3, -0.25) is 10.1 Å². The maximum atomic E-state index is 11.6. The molecule has 0 aromatic heterocycles. The van der Waals surface area contributed by atoms with Crippen molar-refractivity contribution in [2.24, 2.45) is 0 Å². The molecule has 24 heavy (non-hydrogen) atoms. The van der Waals surface area contributed by atoms with E-state index < -0.39 is 4.92 Å². The van der Waals surface area contributed by atoms with Crippen LogP contribution in [0.3, 0.4) is 0 Å². The van der Waals surface area contributed by atoms with Gasteiger partial charge in [-0.2, -0.15) is 0 Å². The number of thioether (sulfide) groups is 1. The summed E-state index contributed by atoms with van der Waals surface area (Å²) >= 11 is 16.3. The van der Waals surface area contributed by atoms with E-state index in [4.69, 9.17) is 27.9 Å². The third-order valence-corrected chi connectivity index (χ3v) is 5.76. The van der Waals surface area contributed by atoms with Crippen molar-refractivity contribution in [1.29, 1.82) is 0 Å². The molecule has 1 fully saturated rings. The molecule has 2 rings (SSSR count). The number of allylic oxidation sites excluding steroid dienone is 1. The van der Waals surface area contributed by atoms with Crippen molar-refractivity contribution in [3.05, 3.63) is 65.7 Å². The summed E-state index contributed by atoms with van der Waals surface area (Å²) in [6, 6.07) is 9.75. The van der Waals surface area contributed by atoms with E-state index in [0.717, 1.165) is 5.56 Å². The van der Waals surface area contributed by atoms with Gasteiger partial charge in [0, 0.05) is 18.8 Å². The molecule has 9 heteroatoms. The Hall–Kier alpha value is -0.730. The lowest BCUT2D eigenvalue weighted by Crippen LogP contribution is -2.36. The van der Waals surface area contributed by atoms with Crippen LogP contribution in [0.25, 0.3) is 0 Å². The Morgan fingerprint density at radius 2 is 1.92 bits per heavy atom. The second-order valence-corrected chi connectivity index (χ2v) is 7.83. The molecule has 1 aromatic carbocycles. The molecule has 0 amide bonds. The van der Waals surface area contributed by atoms with Crippen LogP contribution in [0.2, 0.25) is 0 Å². The minimum absolute atomic E-state index is 0.0157. The Kier molecular flexibility index (Phi) is 7.90. The molecule has 1 aliphatic heterocycles. The van der Waals surface area contributed by atoms with E-state index in [0.29, 0.717) is 37.1 Å². The zero-order chi connectivity index (χ0) is 17.5. The summed E-state index contributed by atoms with van der Waals surface area (Å²) in [7, 11) is 0. The Labute approximate surface area is 162 Å².